The van der Waals surface area contributed by atoms with Crippen molar-refractivity contribution in [2.45, 2.75) is 19.9 Å². The summed E-state index contributed by atoms with van der Waals surface area (Å²) >= 11 is 0. The van der Waals surface area contributed by atoms with Gasteiger partial charge in [-0.25, -0.2) is 0 Å². The number of fused-ring (bicyclic) bond motifs is 1. The third-order valence-corrected chi connectivity index (χ3v) is 6.74. The molecule has 9 heteroatoms. The van der Waals surface area contributed by atoms with Crippen LogP contribution in [-0.2, 0) is 14.1 Å². The van der Waals surface area contributed by atoms with Crippen molar-refractivity contribution in [2.75, 3.05) is 20.1 Å². The standard InChI is InChI=1S/C27H29N5O4/c1-15-7-6-8-16(2)23(15)36-24-18(9-10-31(4)27(24)35)20-14-32(5)26(34)22-19(20)11-21(29-22)25(33)28-17-12-30(3)13-17/h6-11,14,17,29H,12-13H2,1-5H3,(H,28,33). The second kappa shape index (κ2) is 8.83. The van der Waals surface area contributed by atoms with E-state index in [1.807, 2.05) is 39.1 Å². The number of amides is 1. The zero-order valence-corrected chi connectivity index (χ0v) is 21.0. The topological polar surface area (TPSA) is 101 Å². The summed E-state index contributed by atoms with van der Waals surface area (Å²) in [6.45, 7) is 5.42. The molecule has 36 heavy (non-hydrogen) atoms. The van der Waals surface area contributed by atoms with Gasteiger partial charge in [-0.05, 0) is 44.2 Å². The summed E-state index contributed by atoms with van der Waals surface area (Å²) in [7, 11) is 5.30. The van der Waals surface area contributed by atoms with Crippen LogP contribution in [-0.4, -0.2) is 51.1 Å². The van der Waals surface area contributed by atoms with Crippen molar-refractivity contribution >= 4 is 16.8 Å². The summed E-state index contributed by atoms with van der Waals surface area (Å²) in [6, 6.07) is 9.33. The maximum absolute atomic E-state index is 13.3. The van der Waals surface area contributed by atoms with E-state index in [2.05, 4.69) is 15.2 Å². The Bertz CT molecular complexity index is 1600. The number of aromatic amines is 1. The maximum Gasteiger partial charge on any atom is 0.293 e. The lowest BCUT2D eigenvalue weighted by atomic mass is 10.0. The second-order valence-corrected chi connectivity index (χ2v) is 9.62. The number of para-hydroxylation sites is 1. The van der Waals surface area contributed by atoms with Gasteiger partial charge >= 0.3 is 0 Å². The first-order valence-electron chi connectivity index (χ1n) is 11.8. The highest BCUT2D eigenvalue weighted by molar-refractivity contribution is 6.03. The fraction of sp³-hybridized carbons (Fsp3) is 0.296. The second-order valence-electron chi connectivity index (χ2n) is 9.62. The van der Waals surface area contributed by atoms with E-state index in [4.69, 9.17) is 4.74 Å². The molecule has 1 amide bonds. The van der Waals surface area contributed by atoms with E-state index in [0.29, 0.717) is 33.5 Å². The normalized spacial score (nSPS) is 14.1. The molecule has 1 saturated heterocycles. The van der Waals surface area contributed by atoms with Gasteiger partial charge in [0, 0.05) is 56.1 Å². The summed E-state index contributed by atoms with van der Waals surface area (Å²) in [5.41, 5.74) is 2.98. The number of likely N-dealkylation sites (tertiary alicyclic amines) is 1. The molecular formula is C27H29N5O4. The van der Waals surface area contributed by atoms with Gasteiger partial charge in [-0.3, -0.25) is 14.4 Å². The van der Waals surface area contributed by atoms with Gasteiger partial charge in [-0.1, -0.05) is 18.2 Å². The molecule has 1 aromatic carbocycles. The number of carbonyl (C=O) groups is 1. The lowest BCUT2D eigenvalue weighted by Gasteiger charge is -2.36. The van der Waals surface area contributed by atoms with Gasteiger partial charge in [0.25, 0.3) is 17.0 Å². The molecule has 4 aromatic rings. The van der Waals surface area contributed by atoms with Crippen molar-refractivity contribution < 1.29 is 9.53 Å². The lowest BCUT2D eigenvalue weighted by Crippen LogP contribution is -2.57. The number of hydrogen-bond acceptors (Lipinski definition) is 5. The Labute approximate surface area is 207 Å². The van der Waals surface area contributed by atoms with Gasteiger partial charge in [0.05, 0.1) is 6.04 Å². The van der Waals surface area contributed by atoms with Gasteiger partial charge < -0.3 is 29.1 Å². The first-order chi connectivity index (χ1) is 17.1. The average Bonchev–Trinajstić information content (AvgIpc) is 3.27. The highest BCUT2D eigenvalue weighted by Crippen LogP contribution is 2.36. The Balaban J connectivity index is 1.66. The molecule has 4 heterocycles. The molecule has 5 rings (SSSR count). The Hall–Kier alpha value is -4.11. The molecule has 0 atom stereocenters. The molecule has 1 aliphatic heterocycles. The van der Waals surface area contributed by atoms with Crippen LogP contribution in [0.2, 0.25) is 0 Å². The number of carbonyl (C=O) groups excluding carboxylic acids is 1. The predicted octanol–water partition coefficient (Wildman–Crippen LogP) is 2.69. The van der Waals surface area contributed by atoms with Crippen LogP contribution in [0.1, 0.15) is 21.6 Å². The van der Waals surface area contributed by atoms with Crippen LogP contribution >= 0.6 is 0 Å². The number of pyridine rings is 2. The number of hydrogen-bond donors (Lipinski definition) is 2. The van der Waals surface area contributed by atoms with Gasteiger partial charge in [-0.15, -0.1) is 0 Å². The van der Waals surface area contributed by atoms with Crippen molar-refractivity contribution in [3.8, 4) is 22.6 Å². The first-order valence-corrected chi connectivity index (χ1v) is 11.8. The minimum Gasteiger partial charge on any atom is -0.450 e. The number of aromatic nitrogens is 3. The van der Waals surface area contributed by atoms with Crippen LogP contribution in [0, 0.1) is 13.8 Å². The van der Waals surface area contributed by atoms with Crippen molar-refractivity contribution in [1.29, 1.82) is 0 Å². The summed E-state index contributed by atoms with van der Waals surface area (Å²) < 4.78 is 9.18. The highest BCUT2D eigenvalue weighted by atomic mass is 16.5. The SMILES string of the molecule is Cc1cccc(C)c1Oc1c(-c2cn(C)c(=O)c3[nH]c(C(=O)NC4CN(C)C4)cc23)ccn(C)c1=O. The first kappa shape index (κ1) is 23.6. The number of benzene rings is 1. The minimum absolute atomic E-state index is 0.0747. The molecule has 1 aliphatic rings. The third kappa shape index (κ3) is 4.01. The number of aryl methyl sites for hydroxylation is 4. The van der Waals surface area contributed by atoms with Crippen molar-refractivity contribution in [1.82, 2.24) is 24.3 Å². The predicted molar refractivity (Wildman–Crippen MR) is 139 cm³/mol. The van der Waals surface area contributed by atoms with E-state index >= 15 is 0 Å². The monoisotopic (exact) mass is 487 g/mol. The number of ether oxygens (including phenoxy) is 1. The van der Waals surface area contributed by atoms with E-state index in [9.17, 15) is 14.4 Å². The molecule has 0 bridgehead atoms. The molecule has 0 unspecified atom stereocenters. The Morgan fingerprint density at radius 3 is 2.33 bits per heavy atom. The molecule has 0 aliphatic carbocycles. The van der Waals surface area contributed by atoms with E-state index < -0.39 is 0 Å². The van der Waals surface area contributed by atoms with Crippen molar-refractivity contribution in [3.63, 3.8) is 0 Å². The Morgan fingerprint density at radius 2 is 1.67 bits per heavy atom. The summed E-state index contributed by atoms with van der Waals surface area (Å²) in [5, 5.41) is 3.54. The van der Waals surface area contributed by atoms with E-state index in [0.717, 1.165) is 24.2 Å². The lowest BCUT2D eigenvalue weighted by molar-refractivity contribution is 0.0853. The van der Waals surface area contributed by atoms with Crippen LogP contribution in [0.5, 0.6) is 11.5 Å². The zero-order chi connectivity index (χ0) is 25.7. The van der Waals surface area contributed by atoms with Gasteiger partial charge in [0.2, 0.25) is 0 Å². The molecule has 0 spiro atoms. The average molecular weight is 488 g/mol. The molecule has 2 N–H and O–H groups in total. The summed E-state index contributed by atoms with van der Waals surface area (Å²) in [6.07, 6.45) is 3.34. The smallest absolute Gasteiger partial charge is 0.293 e. The van der Waals surface area contributed by atoms with E-state index in [1.165, 1.54) is 9.13 Å². The number of rotatable bonds is 5. The molecule has 3 aromatic heterocycles. The molecule has 186 valence electrons. The minimum atomic E-state index is -0.306. The maximum atomic E-state index is 13.3. The van der Waals surface area contributed by atoms with Gasteiger partial charge in [-0.2, -0.15) is 0 Å². The van der Waals surface area contributed by atoms with Crippen LogP contribution in [0.15, 0.2) is 52.3 Å². The molecule has 9 nitrogen and oxygen atoms in total. The van der Waals surface area contributed by atoms with Crippen LogP contribution < -0.4 is 21.2 Å². The van der Waals surface area contributed by atoms with E-state index in [1.54, 1.807) is 38.6 Å². The van der Waals surface area contributed by atoms with Gasteiger partial charge in [0.1, 0.15) is 17.0 Å². The fourth-order valence-corrected chi connectivity index (χ4v) is 4.70. The number of likely N-dealkylation sites (N-methyl/N-ethyl adjacent to an activating group) is 1. The van der Waals surface area contributed by atoms with Crippen LogP contribution in [0.25, 0.3) is 22.0 Å². The summed E-state index contributed by atoms with van der Waals surface area (Å²) in [5.74, 6) is 0.498. The Morgan fingerprint density at radius 1 is 0.972 bits per heavy atom. The number of H-pyrrole nitrogens is 1. The quantitative estimate of drug-likeness (QED) is 0.451. The van der Waals surface area contributed by atoms with Crippen molar-refractivity contribution in [2.24, 2.45) is 14.1 Å². The number of nitrogens with zero attached hydrogens (tertiary/aromatic N) is 3. The summed E-state index contributed by atoms with van der Waals surface area (Å²) in [4.78, 5) is 44.3. The Kier molecular flexibility index (Phi) is 5.80. The zero-order valence-electron chi connectivity index (χ0n) is 21.0. The largest absolute Gasteiger partial charge is 0.450 e. The molecular weight excluding hydrogens is 458 g/mol. The van der Waals surface area contributed by atoms with Crippen LogP contribution in [0.3, 0.4) is 0 Å². The molecule has 1 fully saturated rings. The third-order valence-electron chi connectivity index (χ3n) is 6.74. The fourth-order valence-electron chi connectivity index (χ4n) is 4.70. The highest BCUT2D eigenvalue weighted by Gasteiger charge is 2.26. The number of nitrogens with one attached hydrogen (secondary N) is 2. The van der Waals surface area contributed by atoms with E-state index in [-0.39, 0.29) is 28.8 Å². The van der Waals surface area contributed by atoms with Crippen LogP contribution in [0.4, 0.5) is 0 Å². The molecule has 0 saturated carbocycles. The molecule has 0 radical (unpaired) electrons. The van der Waals surface area contributed by atoms with Crippen molar-refractivity contribution in [3.05, 3.63) is 80.3 Å². The van der Waals surface area contributed by atoms with Gasteiger partial charge in [0.15, 0.2) is 5.75 Å².